The molecule has 4 unspecified atom stereocenters. The van der Waals surface area contributed by atoms with Crippen LogP contribution in [0.4, 0.5) is 0 Å². The second kappa shape index (κ2) is 10.9. The van der Waals surface area contributed by atoms with Crippen molar-refractivity contribution in [3.05, 3.63) is 93.5 Å². The largest absolute Gasteiger partial charge is 0.507 e. The van der Waals surface area contributed by atoms with E-state index in [0.717, 1.165) is 5.56 Å². The predicted molar refractivity (Wildman–Crippen MR) is 151 cm³/mol. The van der Waals surface area contributed by atoms with Gasteiger partial charge in [-0.1, -0.05) is 54.6 Å². The number of benzene rings is 3. The van der Waals surface area contributed by atoms with Crippen molar-refractivity contribution in [3.8, 4) is 11.5 Å². The third kappa shape index (κ3) is 4.89. The van der Waals surface area contributed by atoms with Gasteiger partial charge in [-0.25, -0.2) is 0 Å². The number of aliphatic hydroxyl groups is 2. The zero-order valence-corrected chi connectivity index (χ0v) is 23.3. The summed E-state index contributed by atoms with van der Waals surface area (Å²) in [6, 6.07) is 14.4. The van der Waals surface area contributed by atoms with Crippen molar-refractivity contribution in [2.45, 2.75) is 69.0 Å². The third-order valence-electron chi connectivity index (χ3n) is 8.56. The molecule has 3 aliphatic rings. The summed E-state index contributed by atoms with van der Waals surface area (Å²) in [5.41, 5.74) is 3.95. The van der Waals surface area contributed by atoms with Gasteiger partial charge in [-0.15, -0.1) is 0 Å². The molecule has 0 aromatic heterocycles. The molecular weight excluding hydrogens is 556 g/mol. The molecule has 3 aromatic carbocycles. The molecule has 2 aliphatic carbocycles. The number of phenols is 2. The van der Waals surface area contributed by atoms with Gasteiger partial charge in [-0.05, 0) is 12.5 Å². The molecule has 224 valence electrons. The van der Waals surface area contributed by atoms with Crippen LogP contribution in [0.25, 0.3) is 0 Å². The average Bonchev–Trinajstić information content (AvgIpc) is 2.99. The van der Waals surface area contributed by atoms with Crippen molar-refractivity contribution in [3.63, 3.8) is 0 Å². The first-order chi connectivity index (χ1) is 20.5. The number of carbonyl (C=O) groups is 3. The minimum atomic E-state index is -2.15. The minimum absolute atomic E-state index is 0.0340. The number of ether oxygens (including phenoxy) is 2. The van der Waals surface area contributed by atoms with E-state index in [4.69, 9.17) is 15.2 Å². The number of hydrogen-bond donors (Lipinski definition) is 6. The fourth-order valence-corrected chi connectivity index (χ4v) is 6.27. The molecular formula is C32H32N2O9. The van der Waals surface area contributed by atoms with Crippen molar-refractivity contribution < 1.29 is 44.3 Å². The molecule has 7 N–H and O–H groups in total. The van der Waals surface area contributed by atoms with Gasteiger partial charge in [0.25, 0.3) is 5.91 Å². The predicted octanol–water partition coefficient (Wildman–Crippen LogP) is 1.75. The quantitative estimate of drug-likeness (QED) is 0.187. The fraction of sp³-hybridized carbons (Fsp3) is 0.344. The molecule has 1 aliphatic heterocycles. The number of fused-ring (bicyclic) bond motifs is 3. The molecule has 0 spiro atoms. The molecule has 11 heteroatoms. The van der Waals surface area contributed by atoms with Crippen molar-refractivity contribution in [1.82, 2.24) is 5.32 Å². The number of phenolic OH excluding ortho intramolecular Hbond substituents is 2. The maximum absolute atomic E-state index is 13.5. The van der Waals surface area contributed by atoms with E-state index in [1.165, 1.54) is 12.1 Å². The highest BCUT2D eigenvalue weighted by Gasteiger charge is 2.50. The lowest BCUT2D eigenvalue weighted by molar-refractivity contribution is -0.247. The number of carbonyl (C=O) groups excluding carboxylic acids is 3. The highest BCUT2D eigenvalue weighted by atomic mass is 16.7. The van der Waals surface area contributed by atoms with Crippen molar-refractivity contribution in [1.29, 1.82) is 0 Å². The Morgan fingerprint density at radius 2 is 1.63 bits per heavy atom. The number of ketones is 2. The Kier molecular flexibility index (Phi) is 7.31. The number of nitrogens with two attached hydrogens (primary N) is 1. The van der Waals surface area contributed by atoms with Crippen LogP contribution in [0.5, 0.6) is 11.5 Å². The molecule has 11 nitrogen and oxygen atoms in total. The maximum atomic E-state index is 13.5. The van der Waals surface area contributed by atoms with Gasteiger partial charge in [0.05, 0.1) is 29.4 Å². The molecule has 3 aromatic rings. The van der Waals surface area contributed by atoms with Gasteiger partial charge >= 0.3 is 0 Å². The Labute approximate surface area is 246 Å². The standard InChI is InChI=1S/C32H32N2O9/c1-15-26(35)20(33)11-22(42-15)43-21-13-32(41,31(40)34-14-16-7-3-2-4-8-16)12-19-23(21)30(39)25-24(29(19)38)27(36)17-9-5-6-10-18(17)28(25)37/h2-10,15,20-22,26,35,38-39,41H,11-14,33H2,1H3,(H,34,40)/t15?,20?,21-,22?,26?,32-/m0/s1. The minimum Gasteiger partial charge on any atom is -0.507 e. The van der Waals surface area contributed by atoms with E-state index in [-0.39, 0.29) is 47.2 Å². The number of hydrogen-bond acceptors (Lipinski definition) is 10. The smallest absolute Gasteiger partial charge is 0.252 e. The van der Waals surface area contributed by atoms with Crippen LogP contribution in [0, 0.1) is 0 Å². The van der Waals surface area contributed by atoms with Gasteiger partial charge in [0.1, 0.15) is 17.1 Å². The number of aliphatic hydroxyl groups excluding tert-OH is 1. The second-order valence-electron chi connectivity index (χ2n) is 11.4. The Bertz CT molecular complexity index is 1610. The monoisotopic (exact) mass is 588 g/mol. The van der Waals surface area contributed by atoms with E-state index in [1.54, 1.807) is 19.1 Å². The van der Waals surface area contributed by atoms with Gasteiger partial charge < -0.3 is 41.0 Å². The molecule has 0 saturated carbocycles. The maximum Gasteiger partial charge on any atom is 0.252 e. The lowest BCUT2D eigenvalue weighted by Gasteiger charge is -2.42. The first-order valence-electron chi connectivity index (χ1n) is 14.1. The summed E-state index contributed by atoms with van der Waals surface area (Å²) in [6.45, 7) is 1.73. The number of rotatable bonds is 5. The Morgan fingerprint density at radius 1 is 1.02 bits per heavy atom. The van der Waals surface area contributed by atoms with E-state index < -0.39 is 77.2 Å². The molecule has 6 atom stereocenters. The van der Waals surface area contributed by atoms with Crippen molar-refractivity contribution >= 4 is 17.5 Å². The summed E-state index contributed by atoms with van der Waals surface area (Å²) < 4.78 is 12.0. The fourth-order valence-electron chi connectivity index (χ4n) is 6.27. The zero-order valence-electron chi connectivity index (χ0n) is 23.3. The van der Waals surface area contributed by atoms with Crippen LogP contribution in [0.15, 0.2) is 54.6 Å². The lowest BCUT2D eigenvalue weighted by Crippen LogP contribution is -2.54. The van der Waals surface area contributed by atoms with E-state index in [2.05, 4.69) is 5.32 Å². The number of amides is 1. The van der Waals surface area contributed by atoms with Crippen LogP contribution >= 0.6 is 0 Å². The molecule has 0 radical (unpaired) electrons. The van der Waals surface area contributed by atoms with Gasteiger partial charge in [-0.2, -0.15) is 0 Å². The lowest BCUT2D eigenvalue weighted by atomic mass is 9.72. The first kappa shape index (κ1) is 29.0. The van der Waals surface area contributed by atoms with Crippen molar-refractivity contribution in [2.75, 3.05) is 0 Å². The molecule has 43 heavy (non-hydrogen) atoms. The molecule has 1 fully saturated rings. The van der Waals surface area contributed by atoms with Crippen LogP contribution in [0.1, 0.15) is 74.4 Å². The Balaban J connectivity index is 1.43. The summed E-state index contributed by atoms with van der Waals surface area (Å²) >= 11 is 0. The van der Waals surface area contributed by atoms with Gasteiger partial charge in [0.2, 0.25) is 0 Å². The van der Waals surface area contributed by atoms with Gasteiger partial charge in [0, 0.05) is 54.1 Å². The van der Waals surface area contributed by atoms with Crippen LogP contribution in [-0.4, -0.2) is 68.0 Å². The average molecular weight is 589 g/mol. The molecule has 6 rings (SSSR count). The van der Waals surface area contributed by atoms with Crippen LogP contribution < -0.4 is 11.1 Å². The van der Waals surface area contributed by atoms with Gasteiger partial charge in [-0.3, -0.25) is 14.4 Å². The van der Waals surface area contributed by atoms with Crippen LogP contribution in [-0.2, 0) is 27.2 Å². The topological polar surface area (TPSA) is 189 Å². The normalized spacial score (nSPS) is 28.0. The van der Waals surface area contributed by atoms with E-state index in [9.17, 15) is 34.8 Å². The third-order valence-corrected chi connectivity index (χ3v) is 8.56. The summed E-state index contributed by atoms with van der Waals surface area (Å²) in [5, 5.41) is 47.8. The SMILES string of the molecule is CC1OC(O[C@H]2C[C@](O)(C(=O)NCc3ccccc3)Cc3c(O)c4c(c(O)c32)C(=O)c2ccccc2C4=O)CC(N)C1O. The Hall–Kier alpha value is -4.13. The highest BCUT2D eigenvalue weighted by Crippen LogP contribution is 2.51. The second-order valence-corrected chi connectivity index (χ2v) is 11.4. The van der Waals surface area contributed by atoms with Gasteiger partial charge in [0.15, 0.2) is 17.9 Å². The zero-order chi connectivity index (χ0) is 30.6. The molecule has 0 bridgehead atoms. The Morgan fingerprint density at radius 3 is 2.26 bits per heavy atom. The first-order valence-corrected chi connectivity index (χ1v) is 14.1. The summed E-state index contributed by atoms with van der Waals surface area (Å²) in [5.74, 6) is -3.30. The van der Waals surface area contributed by atoms with Crippen LogP contribution in [0.3, 0.4) is 0 Å². The number of aromatic hydroxyl groups is 2. The van der Waals surface area contributed by atoms with Crippen molar-refractivity contribution in [2.24, 2.45) is 5.73 Å². The molecule has 1 heterocycles. The molecule has 1 amide bonds. The summed E-state index contributed by atoms with van der Waals surface area (Å²) in [4.78, 5) is 40.5. The van der Waals surface area contributed by atoms with E-state index in [0.29, 0.717) is 0 Å². The summed E-state index contributed by atoms with van der Waals surface area (Å²) in [6.07, 6.45) is -4.74. The van der Waals surface area contributed by atoms with E-state index >= 15 is 0 Å². The number of nitrogens with one attached hydrogen (secondary N) is 1. The molecule has 1 saturated heterocycles. The highest BCUT2D eigenvalue weighted by molar-refractivity contribution is 6.30. The van der Waals surface area contributed by atoms with E-state index in [1.807, 2.05) is 30.3 Å². The summed E-state index contributed by atoms with van der Waals surface area (Å²) in [7, 11) is 0. The van der Waals surface area contributed by atoms with Crippen LogP contribution in [0.2, 0.25) is 0 Å².